The molecule has 12 heavy (non-hydrogen) atoms. The molecule has 0 radical (unpaired) electrons. The second-order valence-electron chi connectivity index (χ2n) is 2.94. The molecule has 1 aliphatic heterocycles. The topological polar surface area (TPSA) is 12.4 Å². The molecule has 0 amide bonds. The highest BCUT2D eigenvalue weighted by atomic mass is 14.7. The number of allylic oxidation sites excluding steroid dienone is 1. The van der Waals surface area contributed by atoms with Gasteiger partial charge in [-0.05, 0) is 18.6 Å². The van der Waals surface area contributed by atoms with E-state index in [4.69, 9.17) is 0 Å². The van der Waals surface area contributed by atoms with E-state index < -0.39 is 0 Å². The molecule has 0 N–H and O–H groups in total. The van der Waals surface area contributed by atoms with Crippen LogP contribution in [0.25, 0.3) is 0 Å². The van der Waals surface area contributed by atoms with Crippen LogP contribution in [0, 0.1) is 6.92 Å². The maximum atomic E-state index is 4.37. The van der Waals surface area contributed by atoms with Gasteiger partial charge >= 0.3 is 0 Å². The second-order valence-corrected chi connectivity index (χ2v) is 2.94. The summed E-state index contributed by atoms with van der Waals surface area (Å²) < 4.78 is 0. The van der Waals surface area contributed by atoms with Crippen LogP contribution in [0.3, 0.4) is 0 Å². The van der Waals surface area contributed by atoms with Crippen molar-refractivity contribution in [2.75, 3.05) is 6.54 Å². The van der Waals surface area contributed by atoms with Crippen molar-refractivity contribution in [2.24, 2.45) is 4.99 Å². The Kier molecular flexibility index (Phi) is 1.78. The molecule has 1 aliphatic rings. The first-order chi connectivity index (χ1) is 5.88. The largest absolute Gasteiger partial charge is 0.281 e. The van der Waals surface area contributed by atoms with Gasteiger partial charge in [0.25, 0.3) is 0 Å². The van der Waals surface area contributed by atoms with E-state index in [2.05, 4.69) is 48.3 Å². The molecule has 0 aliphatic carbocycles. The van der Waals surface area contributed by atoms with Crippen molar-refractivity contribution in [2.45, 2.75) is 6.92 Å². The smallest absolute Gasteiger partial charge is 0.0650 e. The van der Waals surface area contributed by atoms with Gasteiger partial charge in [0.15, 0.2) is 0 Å². The molecule has 0 aromatic heterocycles. The van der Waals surface area contributed by atoms with E-state index in [0.717, 1.165) is 12.3 Å². The number of nitrogens with zero attached hydrogens (tertiary/aromatic N) is 1. The van der Waals surface area contributed by atoms with Crippen molar-refractivity contribution in [3.63, 3.8) is 0 Å². The van der Waals surface area contributed by atoms with E-state index >= 15 is 0 Å². The number of benzene rings is 1. The molecule has 0 atom stereocenters. The van der Waals surface area contributed by atoms with Crippen LogP contribution in [-0.4, -0.2) is 12.3 Å². The van der Waals surface area contributed by atoms with Crippen LogP contribution in [0.2, 0.25) is 0 Å². The van der Waals surface area contributed by atoms with Gasteiger partial charge in [-0.3, -0.25) is 4.99 Å². The first-order valence-corrected chi connectivity index (χ1v) is 4.15. The molecule has 1 heteroatoms. The van der Waals surface area contributed by atoms with Gasteiger partial charge in [0.05, 0.1) is 12.3 Å². The number of hydrogen-bond donors (Lipinski definition) is 0. The summed E-state index contributed by atoms with van der Waals surface area (Å²) in [6, 6.07) is 8.34. The lowest BCUT2D eigenvalue weighted by Gasteiger charge is -2.01. The second kappa shape index (κ2) is 2.94. The van der Waals surface area contributed by atoms with Crippen molar-refractivity contribution in [3.8, 4) is 0 Å². The summed E-state index contributed by atoms with van der Waals surface area (Å²) in [4.78, 5) is 4.37. The molecular formula is C11H11N. The minimum absolute atomic E-state index is 0.837. The zero-order valence-electron chi connectivity index (χ0n) is 7.12. The Morgan fingerprint density at radius 1 is 1.25 bits per heavy atom. The van der Waals surface area contributed by atoms with Gasteiger partial charge in [0, 0.05) is 5.56 Å². The molecule has 0 saturated heterocycles. The van der Waals surface area contributed by atoms with Gasteiger partial charge in [-0.2, -0.15) is 0 Å². The van der Waals surface area contributed by atoms with Gasteiger partial charge in [0.2, 0.25) is 0 Å². The molecule has 0 fully saturated rings. The van der Waals surface area contributed by atoms with Crippen LogP contribution >= 0.6 is 0 Å². The van der Waals surface area contributed by atoms with Crippen LogP contribution in [0.5, 0.6) is 0 Å². The van der Waals surface area contributed by atoms with Crippen LogP contribution in [0.4, 0.5) is 0 Å². The minimum Gasteiger partial charge on any atom is -0.281 e. The lowest BCUT2D eigenvalue weighted by molar-refractivity contribution is 1.28. The van der Waals surface area contributed by atoms with Crippen LogP contribution < -0.4 is 0 Å². The molecule has 1 aromatic carbocycles. The Labute approximate surface area is 72.5 Å². The van der Waals surface area contributed by atoms with Gasteiger partial charge in [-0.1, -0.05) is 30.3 Å². The van der Waals surface area contributed by atoms with Crippen LogP contribution in [0.15, 0.2) is 41.4 Å². The summed E-state index contributed by atoms with van der Waals surface area (Å²) in [6.07, 6.45) is 4.17. The fraction of sp³-hybridized carbons (Fsp3) is 0.182. The predicted molar refractivity (Wildman–Crippen MR) is 51.7 cm³/mol. The molecule has 60 valence electrons. The third-order valence-electron chi connectivity index (χ3n) is 2.06. The summed E-state index contributed by atoms with van der Waals surface area (Å²) >= 11 is 0. The van der Waals surface area contributed by atoms with Crippen molar-refractivity contribution in [3.05, 3.63) is 47.5 Å². The molecule has 0 bridgehead atoms. The Morgan fingerprint density at radius 3 is 2.75 bits per heavy atom. The summed E-state index contributed by atoms with van der Waals surface area (Å²) in [5.41, 5.74) is 3.67. The number of rotatable bonds is 1. The van der Waals surface area contributed by atoms with E-state index in [1.54, 1.807) is 0 Å². The minimum atomic E-state index is 0.837. The van der Waals surface area contributed by atoms with E-state index in [-0.39, 0.29) is 0 Å². The maximum absolute atomic E-state index is 4.37. The maximum Gasteiger partial charge on any atom is 0.0650 e. The van der Waals surface area contributed by atoms with E-state index in [9.17, 15) is 0 Å². The van der Waals surface area contributed by atoms with Crippen molar-refractivity contribution < 1.29 is 0 Å². The average Bonchev–Trinajstić information content (AvgIpc) is 2.57. The lowest BCUT2D eigenvalue weighted by atomic mass is 10.0. The van der Waals surface area contributed by atoms with Gasteiger partial charge in [-0.25, -0.2) is 0 Å². The highest BCUT2D eigenvalue weighted by Gasteiger charge is 2.04. The predicted octanol–water partition coefficient (Wildman–Crippen LogP) is 2.35. The van der Waals surface area contributed by atoms with Gasteiger partial charge in [-0.15, -0.1) is 0 Å². The molecule has 0 saturated carbocycles. The van der Waals surface area contributed by atoms with Crippen molar-refractivity contribution in [1.29, 1.82) is 0 Å². The summed E-state index contributed by atoms with van der Waals surface area (Å²) in [5.74, 6) is 0. The zero-order valence-corrected chi connectivity index (χ0v) is 7.12. The van der Waals surface area contributed by atoms with Crippen LogP contribution in [0.1, 0.15) is 11.1 Å². The van der Waals surface area contributed by atoms with Gasteiger partial charge < -0.3 is 0 Å². The number of hydrogen-bond acceptors (Lipinski definition) is 1. The highest BCUT2D eigenvalue weighted by molar-refractivity contribution is 6.10. The lowest BCUT2D eigenvalue weighted by Crippen LogP contribution is -1.96. The summed E-state index contributed by atoms with van der Waals surface area (Å²) in [6.45, 7) is 2.95. The third-order valence-corrected chi connectivity index (χ3v) is 2.06. The Hall–Kier alpha value is -1.37. The molecule has 2 rings (SSSR count). The highest BCUT2D eigenvalue weighted by Crippen LogP contribution is 2.11. The molecule has 0 unspecified atom stereocenters. The first-order valence-electron chi connectivity index (χ1n) is 4.15. The molecule has 0 spiro atoms. The molecule has 1 heterocycles. The van der Waals surface area contributed by atoms with Crippen molar-refractivity contribution in [1.82, 2.24) is 0 Å². The Balaban J connectivity index is 2.46. The zero-order chi connectivity index (χ0) is 8.39. The monoisotopic (exact) mass is 157 g/mol. The summed E-state index contributed by atoms with van der Waals surface area (Å²) in [7, 11) is 0. The standard InChI is InChI=1S/C11H11N/c1-9-5-2-3-6-10(9)11-7-4-8-12-11/h2-7H,8H2,1H3. The Bertz CT molecular complexity index is 348. The quantitative estimate of drug-likeness (QED) is 0.593. The van der Waals surface area contributed by atoms with Crippen LogP contribution in [-0.2, 0) is 0 Å². The fourth-order valence-electron chi connectivity index (χ4n) is 1.40. The number of aryl methyl sites for hydroxylation is 1. The fourth-order valence-corrected chi connectivity index (χ4v) is 1.40. The molecular weight excluding hydrogens is 146 g/mol. The average molecular weight is 157 g/mol. The van der Waals surface area contributed by atoms with E-state index in [1.165, 1.54) is 11.1 Å². The number of aliphatic imine (C=N–C) groups is 1. The van der Waals surface area contributed by atoms with E-state index in [1.807, 2.05) is 0 Å². The SMILES string of the molecule is Cc1ccccc1C1=NCC=C1. The summed E-state index contributed by atoms with van der Waals surface area (Å²) in [5, 5.41) is 0. The van der Waals surface area contributed by atoms with Crippen molar-refractivity contribution >= 4 is 5.71 Å². The normalized spacial score (nSPS) is 14.9. The first kappa shape index (κ1) is 7.29. The molecule has 1 nitrogen and oxygen atoms in total. The van der Waals surface area contributed by atoms with E-state index in [0.29, 0.717) is 0 Å². The third kappa shape index (κ3) is 1.18. The Morgan fingerprint density at radius 2 is 2.08 bits per heavy atom. The molecule has 1 aromatic rings. The van der Waals surface area contributed by atoms with Gasteiger partial charge in [0.1, 0.15) is 0 Å².